The van der Waals surface area contributed by atoms with Gasteiger partial charge in [-0.1, -0.05) is 43.1 Å². The van der Waals surface area contributed by atoms with E-state index in [9.17, 15) is 9.18 Å². The zero-order valence-corrected chi connectivity index (χ0v) is 15.1. The van der Waals surface area contributed by atoms with Crippen molar-refractivity contribution in [2.45, 2.75) is 19.8 Å². The molecule has 0 bridgehead atoms. The van der Waals surface area contributed by atoms with Gasteiger partial charge in [0.25, 0.3) is 5.91 Å². The Kier molecular flexibility index (Phi) is 5.46. The van der Waals surface area contributed by atoms with Gasteiger partial charge in [0.1, 0.15) is 5.82 Å². The van der Waals surface area contributed by atoms with Crippen molar-refractivity contribution in [1.82, 2.24) is 4.98 Å². The third-order valence-electron chi connectivity index (χ3n) is 3.60. The molecule has 1 heterocycles. The Balaban J connectivity index is 1.88. The topological polar surface area (TPSA) is 42.0 Å². The van der Waals surface area contributed by atoms with Gasteiger partial charge in [-0.05, 0) is 36.8 Å². The van der Waals surface area contributed by atoms with Crippen molar-refractivity contribution in [3.05, 3.63) is 69.8 Å². The normalized spacial score (nSPS) is 10.7. The van der Waals surface area contributed by atoms with Gasteiger partial charge in [0.05, 0.1) is 5.69 Å². The van der Waals surface area contributed by atoms with E-state index in [0.29, 0.717) is 10.2 Å². The molecule has 0 spiro atoms. The smallest absolute Gasteiger partial charge is 0.257 e. The zero-order chi connectivity index (χ0) is 17.8. The van der Waals surface area contributed by atoms with Gasteiger partial charge >= 0.3 is 0 Å². The van der Waals surface area contributed by atoms with Crippen LogP contribution < -0.4 is 5.32 Å². The maximum Gasteiger partial charge on any atom is 0.257 e. The van der Waals surface area contributed by atoms with Crippen molar-refractivity contribution < 1.29 is 9.18 Å². The molecule has 2 aromatic carbocycles. The number of amides is 1. The van der Waals surface area contributed by atoms with Crippen LogP contribution in [0.5, 0.6) is 0 Å². The zero-order valence-electron chi connectivity index (χ0n) is 13.6. The number of nitrogens with zero attached hydrogens (tertiary/aromatic N) is 1. The van der Waals surface area contributed by atoms with Gasteiger partial charge in [-0.15, -0.1) is 11.3 Å². The van der Waals surface area contributed by atoms with Crippen LogP contribution in [0.1, 0.15) is 28.6 Å². The number of halogens is 2. The Morgan fingerprint density at radius 2 is 2.00 bits per heavy atom. The van der Waals surface area contributed by atoms with Crippen molar-refractivity contribution >= 4 is 34.0 Å². The van der Waals surface area contributed by atoms with Crippen LogP contribution in [0, 0.1) is 5.82 Å². The molecule has 128 valence electrons. The van der Waals surface area contributed by atoms with Crippen LogP contribution in [0.3, 0.4) is 0 Å². The number of carbonyl (C=O) groups is 1. The third-order valence-corrected chi connectivity index (χ3v) is 4.88. The lowest BCUT2D eigenvalue weighted by molar-refractivity contribution is 0.102. The molecule has 3 nitrogen and oxygen atoms in total. The number of aromatic nitrogens is 1. The highest BCUT2D eigenvalue weighted by atomic mass is 35.5. The number of thiazole rings is 1. The number of anilines is 1. The summed E-state index contributed by atoms with van der Waals surface area (Å²) >= 11 is 7.39. The average molecular weight is 375 g/mol. The highest BCUT2D eigenvalue weighted by Crippen LogP contribution is 2.33. The van der Waals surface area contributed by atoms with Gasteiger partial charge < -0.3 is 0 Å². The fourth-order valence-corrected chi connectivity index (χ4v) is 3.64. The molecule has 25 heavy (non-hydrogen) atoms. The van der Waals surface area contributed by atoms with Gasteiger partial charge in [-0.2, -0.15) is 0 Å². The number of aryl methyl sites for hydroxylation is 1. The fraction of sp³-hybridized carbons (Fsp3) is 0.158. The van der Waals surface area contributed by atoms with Gasteiger partial charge in [0.2, 0.25) is 0 Å². The second-order valence-corrected chi connectivity index (χ2v) is 7.03. The summed E-state index contributed by atoms with van der Waals surface area (Å²) in [4.78, 5) is 18.0. The first-order chi connectivity index (χ1) is 12.1. The molecule has 0 aliphatic carbocycles. The minimum Gasteiger partial charge on any atom is -0.298 e. The Morgan fingerprint density at radius 3 is 2.68 bits per heavy atom. The maximum atomic E-state index is 13.3. The molecule has 1 N–H and O–H groups in total. The van der Waals surface area contributed by atoms with Gasteiger partial charge in [-0.25, -0.2) is 9.37 Å². The number of nitrogens with one attached hydrogen (secondary N) is 1. The van der Waals surface area contributed by atoms with Crippen LogP contribution in [0.4, 0.5) is 9.52 Å². The van der Waals surface area contributed by atoms with E-state index >= 15 is 0 Å². The summed E-state index contributed by atoms with van der Waals surface area (Å²) in [5.41, 5.74) is 2.06. The summed E-state index contributed by atoms with van der Waals surface area (Å²) < 4.78 is 13.3. The van der Waals surface area contributed by atoms with E-state index in [4.69, 9.17) is 11.6 Å². The second-order valence-electron chi connectivity index (χ2n) is 5.51. The number of hydrogen-bond donors (Lipinski definition) is 1. The first kappa shape index (κ1) is 17.6. The summed E-state index contributed by atoms with van der Waals surface area (Å²) in [5.74, 6) is -0.820. The number of carbonyl (C=O) groups excluding carboxylic acids is 1. The monoisotopic (exact) mass is 374 g/mol. The molecule has 0 fully saturated rings. The molecular formula is C19H16ClFN2OS. The van der Waals surface area contributed by atoms with E-state index in [-0.39, 0.29) is 11.5 Å². The Bertz CT molecular complexity index is 893. The summed E-state index contributed by atoms with van der Waals surface area (Å²) in [6.07, 6.45) is 1.84. The quantitative estimate of drug-likeness (QED) is 0.612. The predicted molar refractivity (Wildman–Crippen MR) is 101 cm³/mol. The van der Waals surface area contributed by atoms with Crippen molar-refractivity contribution in [2.75, 3.05) is 5.32 Å². The van der Waals surface area contributed by atoms with Crippen LogP contribution in [0.25, 0.3) is 11.3 Å². The molecule has 3 rings (SSSR count). The molecule has 0 saturated carbocycles. The van der Waals surface area contributed by atoms with E-state index in [2.05, 4.69) is 17.2 Å². The molecule has 1 aromatic heterocycles. The number of hydrogen-bond acceptors (Lipinski definition) is 3. The maximum absolute atomic E-state index is 13.3. The summed E-state index contributed by atoms with van der Waals surface area (Å²) in [6, 6.07) is 13.0. The van der Waals surface area contributed by atoms with Crippen LogP contribution >= 0.6 is 22.9 Å². The van der Waals surface area contributed by atoms with Crippen molar-refractivity contribution in [2.24, 2.45) is 0 Å². The van der Waals surface area contributed by atoms with Crippen LogP contribution in [-0.4, -0.2) is 10.9 Å². The highest BCUT2D eigenvalue weighted by Gasteiger charge is 2.15. The molecular weight excluding hydrogens is 359 g/mol. The molecule has 6 heteroatoms. The van der Waals surface area contributed by atoms with Gasteiger partial charge in [-0.3, -0.25) is 10.1 Å². The first-order valence-electron chi connectivity index (χ1n) is 7.89. The summed E-state index contributed by atoms with van der Waals surface area (Å²) in [7, 11) is 0. The second kappa shape index (κ2) is 7.76. The Labute approximate surface area is 154 Å². The SMILES string of the molecule is CCCc1sc(NC(=O)c2cccc(F)c2)nc1-c1ccc(Cl)cc1. The van der Waals surface area contributed by atoms with Gasteiger partial charge in [0.15, 0.2) is 5.13 Å². The Morgan fingerprint density at radius 1 is 1.24 bits per heavy atom. The van der Waals surface area contributed by atoms with E-state index in [1.165, 1.54) is 29.5 Å². The van der Waals surface area contributed by atoms with E-state index in [1.807, 2.05) is 24.3 Å². The molecule has 0 aliphatic rings. The molecule has 0 saturated heterocycles. The fourth-order valence-electron chi connectivity index (χ4n) is 2.43. The van der Waals surface area contributed by atoms with Crippen molar-refractivity contribution in [3.63, 3.8) is 0 Å². The standard InChI is InChI=1S/C19H16ClFN2OS/c1-2-4-16-17(12-7-9-14(20)10-8-12)22-19(25-16)23-18(24)13-5-3-6-15(21)11-13/h3,5-11H,2,4H2,1H3,(H,22,23,24). The largest absolute Gasteiger partial charge is 0.298 e. The first-order valence-corrected chi connectivity index (χ1v) is 9.09. The molecule has 0 unspecified atom stereocenters. The summed E-state index contributed by atoms with van der Waals surface area (Å²) in [5, 5.41) is 3.93. The molecule has 3 aromatic rings. The van der Waals surface area contributed by atoms with Crippen molar-refractivity contribution in [1.29, 1.82) is 0 Å². The lowest BCUT2D eigenvalue weighted by Gasteiger charge is -2.02. The van der Waals surface area contributed by atoms with Crippen LogP contribution in [0.2, 0.25) is 5.02 Å². The minimum absolute atomic E-state index is 0.264. The predicted octanol–water partition coefficient (Wildman–Crippen LogP) is 5.81. The number of rotatable bonds is 5. The highest BCUT2D eigenvalue weighted by molar-refractivity contribution is 7.16. The van der Waals surface area contributed by atoms with Crippen LogP contribution in [0.15, 0.2) is 48.5 Å². The third kappa shape index (κ3) is 4.24. The molecule has 1 amide bonds. The molecule has 0 radical (unpaired) electrons. The number of benzene rings is 2. The molecule has 0 atom stereocenters. The van der Waals surface area contributed by atoms with E-state index in [0.717, 1.165) is 29.0 Å². The minimum atomic E-state index is -0.444. The van der Waals surface area contributed by atoms with Crippen molar-refractivity contribution in [3.8, 4) is 11.3 Å². The summed E-state index contributed by atoms with van der Waals surface area (Å²) in [6.45, 7) is 2.09. The lowest BCUT2D eigenvalue weighted by atomic mass is 10.1. The van der Waals surface area contributed by atoms with Crippen LogP contribution in [-0.2, 0) is 6.42 Å². The van der Waals surface area contributed by atoms with E-state index in [1.54, 1.807) is 6.07 Å². The lowest BCUT2D eigenvalue weighted by Crippen LogP contribution is -2.11. The Hall–Kier alpha value is -2.24. The van der Waals surface area contributed by atoms with Gasteiger partial charge in [0, 0.05) is 21.0 Å². The average Bonchev–Trinajstić information content (AvgIpc) is 2.98. The van der Waals surface area contributed by atoms with E-state index < -0.39 is 5.82 Å². The molecule has 0 aliphatic heterocycles.